The average molecular weight is 640 g/mol. The van der Waals surface area contributed by atoms with E-state index in [0.29, 0.717) is 5.75 Å². The monoisotopic (exact) mass is 639 g/mol. The molecule has 5 N–H and O–H groups in total. The maximum Gasteiger partial charge on any atom is 0.407 e. The number of esters is 1. The number of ether oxygens (including phenoxy) is 2. The van der Waals surface area contributed by atoms with Crippen LogP contribution in [0.15, 0.2) is 79.0 Å². The van der Waals surface area contributed by atoms with Gasteiger partial charge in [-0.1, -0.05) is 60.7 Å². The molecular formula is C35H37N5O7. The normalized spacial score (nSPS) is 14.5. The molecule has 0 saturated carbocycles. The van der Waals surface area contributed by atoms with Gasteiger partial charge in [0.25, 0.3) is 0 Å². The van der Waals surface area contributed by atoms with Crippen LogP contribution in [0.5, 0.6) is 5.75 Å². The average Bonchev–Trinajstić information content (AvgIpc) is 3.62. The molecule has 47 heavy (non-hydrogen) atoms. The maximum atomic E-state index is 12.7. The Morgan fingerprint density at radius 1 is 0.660 bits per heavy atom. The van der Waals surface area contributed by atoms with Crippen molar-refractivity contribution >= 4 is 40.7 Å². The predicted molar refractivity (Wildman–Crippen MR) is 174 cm³/mol. The highest BCUT2D eigenvalue weighted by Crippen LogP contribution is 2.44. The Morgan fingerprint density at radius 2 is 1.15 bits per heavy atom. The minimum atomic E-state index is -1.03. The van der Waals surface area contributed by atoms with Crippen molar-refractivity contribution in [3.63, 3.8) is 0 Å². The van der Waals surface area contributed by atoms with E-state index < -0.39 is 54.0 Å². The van der Waals surface area contributed by atoms with Crippen molar-refractivity contribution < 1.29 is 33.4 Å². The molecule has 4 amide bonds. The first-order chi connectivity index (χ1) is 22.5. The molecule has 1 aliphatic rings. The summed E-state index contributed by atoms with van der Waals surface area (Å²) in [6.07, 6.45) is 0.790. The number of hydrogen-bond donors (Lipinski definition) is 5. The maximum absolute atomic E-state index is 12.7. The number of alkyl carbamates (subject to hydrolysis) is 1. The zero-order chi connectivity index (χ0) is 33.7. The van der Waals surface area contributed by atoms with E-state index in [1.54, 1.807) is 12.3 Å². The van der Waals surface area contributed by atoms with Crippen LogP contribution in [0.3, 0.4) is 0 Å². The number of nitrogens with one attached hydrogen (secondary N) is 5. The number of H-pyrrole nitrogens is 1. The van der Waals surface area contributed by atoms with Crippen LogP contribution in [-0.4, -0.2) is 65.5 Å². The van der Waals surface area contributed by atoms with Gasteiger partial charge in [0.1, 0.15) is 30.8 Å². The van der Waals surface area contributed by atoms with E-state index in [9.17, 15) is 24.0 Å². The molecule has 0 spiro atoms. The zero-order valence-corrected chi connectivity index (χ0v) is 26.5. The first-order valence-corrected chi connectivity index (χ1v) is 15.3. The SMILES string of the molecule is CC(NC(=O)OCC1c2ccccc2-c2ccccc21)C(=O)NC(C)C(=O)N[C@@H](C)C(=O)N[C@@H](C)C(=O)Oc1c[nH]c2ccccc12. The molecule has 0 aliphatic heterocycles. The van der Waals surface area contributed by atoms with Gasteiger partial charge in [-0.05, 0) is 62.1 Å². The van der Waals surface area contributed by atoms with E-state index in [-0.39, 0.29) is 12.5 Å². The highest BCUT2D eigenvalue weighted by atomic mass is 16.5. The molecule has 1 heterocycles. The third-order valence-electron chi connectivity index (χ3n) is 8.05. The molecule has 4 aromatic rings. The van der Waals surface area contributed by atoms with Crippen molar-refractivity contribution in [3.8, 4) is 16.9 Å². The lowest BCUT2D eigenvalue weighted by molar-refractivity contribution is -0.139. The lowest BCUT2D eigenvalue weighted by Crippen LogP contribution is -2.55. The number of para-hydroxylation sites is 1. The second kappa shape index (κ2) is 14.2. The molecule has 12 heteroatoms. The van der Waals surface area contributed by atoms with Gasteiger partial charge < -0.3 is 35.7 Å². The molecule has 2 unspecified atom stereocenters. The number of rotatable bonds is 11. The fraction of sp³-hybridized carbons (Fsp3) is 0.286. The lowest BCUT2D eigenvalue weighted by atomic mass is 9.98. The van der Waals surface area contributed by atoms with Crippen LogP contribution < -0.4 is 26.0 Å². The van der Waals surface area contributed by atoms with E-state index >= 15 is 0 Å². The molecule has 12 nitrogen and oxygen atoms in total. The second-order valence-corrected chi connectivity index (χ2v) is 11.5. The predicted octanol–water partition coefficient (Wildman–Crippen LogP) is 3.51. The van der Waals surface area contributed by atoms with Gasteiger partial charge in [0.15, 0.2) is 5.75 Å². The summed E-state index contributed by atoms with van der Waals surface area (Å²) in [7, 11) is 0. The molecule has 5 rings (SSSR count). The molecular weight excluding hydrogens is 602 g/mol. The minimum absolute atomic E-state index is 0.0896. The molecule has 1 aliphatic carbocycles. The zero-order valence-electron chi connectivity index (χ0n) is 26.5. The van der Waals surface area contributed by atoms with Crippen LogP contribution in [0, 0.1) is 0 Å². The summed E-state index contributed by atoms with van der Waals surface area (Å²) in [5, 5.41) is 10.8. The van der Waals surface area contributed by atoms with Crippen molar-refractivity contribution in [1.82, 2.24) is 26.3 Å². The van der Waals surface area contributed by atoms with Gasteiger partial charge in [0.2, 0.25) is 17.7 Å². The molecule has 244 valence electrons. The number of hydrogen-bond acceptors (Lipinski definition) is 7. The Hall–Kier alpha value is -5.65. The Kier molecular flexibility index (Phi) is 9.88. The van der Waals surface area contributed by atoms with Gasteiger partial charge in [-0.2, -0.15) is 0 Å². The quantitative estimate of drug-likeness (QED) is 0.157. The van der Waals surface area contributed by atoms with Gasteiger partial charge in [-0.15, -0.1) is 0 Å². The lowest BCUT2D eigenvalue weighted by Gasteiger charge is -2.21. The van der Waals surface area contributed by atoms with Crippen LogP contribution in [-0.2, 0) is 23.9 Å². The van der Waals surface area contributed by atoms with Gasteiger partial charge >= 0.3 is 12.1 Å². The van der Waals surface area contributed by atoms with Crippen LogP contribution >= 0.6 is 0 Å². The summed E-state index contributed by atoms with van der Waals surface area (Å²) in [4.78, 5) is 66.3. The van der Waals surface area contributed by atoms with Crippen LogP contribution in [0.1, 0.15) is 44.7 Å². The smallest absolute Gasteiger partial charge is 0.407 e. The van der Waals surface area contributed by atoms with Crippen molar-refractivity contribution in [2.75, 3.05) is 6.61 Å². The number of benzene rings is 3. The van der Waals surface area contributed by atoms with E-state index in [4.69, 9.17) is 9.47 Å². The van der Waals surface area contributed by atoms with Crippen molar-refractivity contribution in [1.29, 1.82) is 0 Å². The highest BCUT2D eigenvalue weighted by Gasteiger charge is 2.30. The van der Waals surface area contributed by atoms with Crippen molar-refractivity contribution in [3.05, 3.63) is 90.1 Å². The summed E-state index contributed by atoms with van der Waals surface area (Å²) < 4.78 is 10.9. The first kappa shape index (κ1) is 32.7. The molecule has 0 bridgehead atoms. The van der Waals surface area contributed by atoms with E-state index in [1.807, 2.05) is 66.7 Å². The van der Waals surface area contributed by atoms with E-state index in [1.165, 1.54) is 27.7 Å². The molecule has 4 atom stereocenters. The fourth-order valence-electron chi connectivity index (χ4n) is 5.41. The van der Waals surface area contributed by atoms with Crippen LogP contribution in [0.25, 0.3) is 22.0 Å². The van der Waals surface area contributed by atoms with Gasteiger partial charge in [0.05, 0.1) is 0 Å². The summed E-state index contributed by atoms with van der Waals surface area (Å²) in [5.41, 5.74) is 5.13. The second-order valence-electron chi connectivity index (χ2n) is 11.5. The standard InChI is InChI=1S/C35H37N5O7/c1-19(31(41)37-20(2)32(42)39-22(4)34(44)47-30-17-36-29-16-10-9-15-27(29)30)38-33(43)21(3)40-35(45)46-18-28-25-13-7-5-11-23(25)24-12-6-8-14-26(24)28/h5-17,19-22,28,36H,18H2,1-4H3,(H,37,41)(H,38,43)(H,39,42)(H,40,45)/t19?,20-,21?,22-/m0/s1. The molecule has 0 fully saturated rings. The van der Waals surface area contributed by atoms with Gasteiger partial charge in [-0.25, -0.2) is 9.59 Å². The van der Waals surface area contributed by atoms with E-state index in [2.05, 4.69) is 26.3 Å². The van der Waals surface area contributed by atoms with Crippen molar-refractivity contribution in [2.24, 2.45) is 0 Å². The number of aromatic amines is 1. The number of aromatic nitrogens is 1. The summed E-state index contributed by atoms with van der Waals surface area (Å²) in [6.45, 7) is 5.91. The molecule has 0 saturated heterocycles. The molecule has 3 aromatic carbocycles. The Bertz CT molecular complexity index is 1770. The van der Waals surface area contributed by atoms with Crippen molar-refractivity contribution in [2.45, 2.75) is 57.8 Å². The number of carbonyl (C=O) groups is 5. The Labute approximate surface area is 271 Å². The minimum Gasteiger partial charge on any atom is -0.449 e. The Balaban J connectivity index is 1.04. The summed E-state index contributed by atoms with van der Waals surface area (Å²) >= 11 is 0. The highest BCUT2D eigenvalue weighted by molar-refractivity contribution is 5.95. The van der Waals surface area contributed by atoms with Gasteiger partial charge in [0, 0.05) is 23.0 Å². The third-order valence-corrected chi connectivity index (χ3v) is 8.05. The summed E-state index contributed by atoms with van der Waals surface area (Å²) in [5.74, 6) is -2.35. The number of carbonyl (C=O) groups excluding carboxylic acids is 5. The molecule has 1 aromatic heterocycles. The number of amides is 4. The first-order valence-electron chi connectivity index (χ1n) is 15.3. The topological polar surface area (TPSA) is 168 Å². The number of fused-ring (bicyclic) bond motifs is 4. The molecule has 0 radical (unpaired) electrons. The van der Waals surface area contributed by atoms with Crippen LogP contribution in [0.4, 0.5) is 4.79 Å². The Morgan fingerprint density at radius 3 is 1.74 bits per heavy atom. The summed E-state index contributed by atoms with van der Waals surface area (Å²) in [6, 6.07) is 19.1. The van der Waals surface area contributed by atoms with Crippen LogP contribution in [0.2, 0.25) is 0 Å². The fourth-order valence-corrected chi connectivity index (χ4v) is 5.41. The third kappa shape index (κ3) is 7.43. The largest absolute Gasteiger partial charge is 0.449 e. The van der Waals surface area contributed by atoms with E-state index in [0.717, 1.165) is 33.2 Å². The van der Waals surface area contributed by atoms with Gasteiger partial charge in [-0.3, -0.25) is 14.4 Å².